The van der Waals surface area contributed by atoms with Gasteiger partial charge in [0.2, 0.25) is 0 Å². The fraction of sp³-hybridized carbons (Fsp3) is 0.389. The van der Waals surface area contributed by atoms with E-state index in [0.29, 0.717) is 6.61 Å². The molecule has 0 aliphatic rings. The predicted octanol–water partition coefficient (Wildman–Crippen LogP) is 4.24. The van der Waals surface area contributed by atoms with E-state index in [0.717, 1.165) is 23.4 Å². The summed E-state index contributed by atoms with van der Waals surface area (Å²) in [4.78, 5) is 4.25. The minimum Gasteiger partial charge on any atom is -0.487 e. The third-order valence-corrected chi connectivity index (χ3v) is 3.52. The molecule has 2 N–H and O–H groups in total. The number of unbranched alkanes of at least 4 members (excludes halogenated alkanes) is 2. The largest absolute Gasteiger partial charge is 0.487 e. The first-order valence-electron chi connectivity index (χ1n) is 7.68. The number of nitrogens with two attached hydrogens (primary N) is 1. The Morgan fingerprint density at radius 3 is 2.81 bits per heavy atom. The second-order valence-electron chi connectivity index (χ2n) is 5.28. The topological polar surface area (TPSA) is 48.1 Å². The molecular weight excluding hydrogens is 260 g/mol. The maximum absolute atomic E-state index is 6.24. The van der Waals surface area contributed by atoms with Crippen molar-refractivity contribution in [2.45, 2.75) is 45.3 Å². The predicted molar refractivity (Wildman–Crippen MR) is 86.1 cm³/mol. The molecule has 1 heterocycles. The van der Waals surface area contributed by atoms with Crippen LogP contribution in [0.25, 0.3) is 0 Å². The quantitative estimate of drug-likeness (QED) is 0.737. The number of hydrogen-bond donors (Lipinski definition) is 1. The van der Waals surface area contributed by atoms with Crippen LogP contribution in [0.15, 0.2) is 48.7 Å². The molecule has 0 radical (unpaired) electrons. The van der Waals surface area contributed by atoms with Gasteiger partial charge in [0.25, 0.3) is 0 Å². The first-order chi connectivity index (χ1) is 10.3. The Hall–Kier alpha value is -1.87. The highest BCUT2D eigenvalue weighted by Gasteiger charge is 2.07. The molecule has 0 spiro atoms. The standard InChI is InChI=1S/C18H24N2O/c1-2-3-4-11-18(19)15-8-7-10-17(13-15)21-14-16-9-5-6-12-20-16/h5-10,12-13,18H,2-4,11,14,19H2,1H3. The molecule has 1 unspecified atom stereocenters. The van der Waals surface area contributed by atoms with Crippen LogP contribution in [0, 0.1) is 0 Å². The van der Waals surface area contributed by atoms with E-state index in [4.69, 9.17) is 10.5 Å². The second-order valence-corrected chi connectivity index (χ2v) is 5.28. The van der Waals surface area contributed by atoms with Crippen molar-refractivity contribution in [1.29, 1.82) is 0 Å². The minimum atomic E-state index is 0.0925. The van der Waals surface area contributed by atoms with E-state index in [9.17, 15) is 0 Å². The molecule has 0 aliphatic carbocycles. The summed E-state index contributed by atoms with van der Waals surface area (Å²) in [7, 11) is 0. The fourth-order valence-electron chi connectivity index (χ4n) is 2.26. The Balaban J connectivity index is 1.91. The zero-order valence-electron chi connectivity index (χ0n) is 12.7. The lowest BCUT2D eigenvalue weighted by atomic mass is 10.0. The van der Waals surface area contributed by atoms with Crippen LogP contribution in [0.4, 0.5) is 0 Å². The average Bonchev–Trinajstić information content (AvgIpc) is 2.54. The van der Waals surface area contributed by atoms with Crippen LogP contribution in [-0.2, 0) is 6.61 Å². The summed E-state index contributed by atoms with van der Waals surface area (Å²) in [6.45, 7) is 2.69. The zero-order valence-corrected chi connectivity index (χ0v) is 12.7. The summed E-state index contributed by atoms with van der Waals surface area (Å²) >= 11 is 0. The molecule has 0 saturated heterocycles. The van der Waals surface area contributed by atoms with Gasteiger partial charge in [0.1, 0.15) is 12.4 Å². The molecule has 0 saturated carbocycles. The van der Waals surface area contributed by atoms with Crippen LogP contribution in [0.3, 0.4) is 0 Å². The molecule has 1 atom stereocenters. The van der Waals surface area contributed by atoms with Gasteiger partial charge in [-0.1, -0.05) is 44.4 Å². The lowest BCUT2D eigenvalue weighted by molar-refractivity contribution is 0.301. The van der Waals surface area contributed by atoms with E-state index in [1.54, 1.807) is 6.20 Å². The van der Waals surface area contributed by atoms with Crippen molar-refractivity contribution in [3.05, 3.63) is 59.9 Å². The van der Waals surface area contributed by atoms with Gasteiger partial charge in [0.15, 0.2) is 0 Å². The van der Waals surface area contributed by atoms with Gasteiger partial charge in [-0.25, -0.2) is 0 Å². The highest BCUT2D eigenvalue weighted by atomic mass is 16.5. The van der Waals surface area contributed by atoms with Crippen LogP contribution in [0.5, 0.6) is 5.75 Å². The van der Waals surface area contributed by atoms with Gasteiger partial charge < -0.3 is 10.5 Å². The van der Waals surface area contributed by atoms with E-state index in [1.165, 1.54) is 19.3 Å². The third kappa shape index (κ3) is 5.20. The second kappa shape index (κ2) is 8.42. The molecule has 21 heavy (non-hydrogen) atoms. The maximum atomic E-state index is 6.24. The first-order valence-corrected chi connectivity index (χ1v) is 7.68. The van der Waals surface area contributed by atoms with Crippen LogP contribution in [0.1, 0.15) is 49.9 Å². The van der Waals surface area contributed by atoms with E-state index in [1.807, 2.05) is 36.4 Å². The Kier molecular flexibility index (Phi) is 6.22. The molecule has 2 rings (SSSR count). The van der Waals surface area contributed by atoms with E-state index >= 15 is 0 Å². The van der Waals surface area contributed by atoms with Crippen molar-refractivity contribution >= 4 is 0 Å². The molecular formula is C18H24N2O. The van der Waals surface area contributed by atoms with Gasteiger partial charge >= 0.3 is 0 Å². The number of aromatic nitrogens is 1. The summed E-state index contributed by atoms with van der Waals surface area (Å²) < 4.78 is 5.79. The molecule has 3 nitrogen and oxygen atoms in total. The van der Waals surface area contributed by atoms with Crippen molar-refractivity contribution in [3.8, 4) is 5.75 Å². The highest BCUT2D eigenvalue weighted by molar-refractivity contribution is 5.30. The number of rotatable bonds is 8. The van der Waals surface area contributed by atoms with Gasteiger partial charge in [-0.15, -0.1) is 0 Å². The Morgan fingerprint density at radius 1 is 1.14 bits per heavy atom. The van der Waals surface area contributed by atoms with Crippen LogP contribution in [0.2, 0.25) is 0 Å². The molecule has 1 aromatic carbocycles. The van der Waals surface area contributed by atoms with Crippen LogP contribution >= 0.6 is 0 Å². The summed E-state index contributed by atoms with van der Waals surface area (Å²) in [5.41, 5.74) is 8.31. The van der Waals surface area contributed by atoms with E-state index in [-0.39, 0.29) is 6.04 Å². The number of pyridine rings is 1. The maximum Gasteiger partial charge on any atom is 0.130 e. The summed E-state index contributed by atoms with van der Waals surface area (Å²) in [5.74, 6) is 0.851. The van der Waals surface area contributed by atoms with Gasteiger partial charge in [-0.2, -0.15) is 0 Å². The molecule has 112 valence electrons. The number of hydrogen-bond acceptors (Lipinski definition) is 3. The number of ether oxygens (including phenoxy) is 1. The third-order valence-electron chi connectivity index (χ3n) is 3.52. The number of nitrogens with zero attached hydrogens (tertiary/aromatic N) is 1. The van der Waals surface area contributed by atoms with Crippen LogP contribution in [-0.4, -0.2) is 4.98 Å². The summed E-state index contributed by atoms with van der Waals surface area (Å²) in [5, 5.41) is 0. The van der Waals surface area contributed by atoms with E-state index in [2.05, 4.69) is 18.0 Å². The molecule has 3 heteroatoms. The Labute approximate surface area is 127 Å². The SMILES string of the molecule is CCCCCC(N)c1cccc(OCc2ccccn2)c1. The zero-order chi connectivity index (χ0) is 14.9. The van der Waals surface area contributed by atoms with Gasteiger partial charge in [0, 0.05) is 12.2 Å². The molecule has 0 aliphatic heterocycles. The average molecular weight is 284 g/mol. The van der Waals surface area contributed by atoms with Crippen LogP contribution < -0.4 is 10.5 Å². The van der Waals surface area contributed by atoms with Crippen molar-refractivity contribution in [3.63, 3.8) is 0 Å². The van der Waals surface area contributed by atoms with Crippen molar-refractivity contribution < 1.29 is 4.74 Å². The van der Waals surface area contributed by atoms with Gasteiger partial charge in [-0.3, -0.25) is 4.98 Å². The van der Waals surface area contributed by atoms with Crippen molar-refractivity contribution in [2.24, 2.45) is 5.73 Å². The smallest absolute Gasteiger partial charge is 0.130 e. The highest BCUT2D eigenvalue weighted by Crippen LogP contribution is 2.22. The first kappa shape index (κ1) is 15.5. The fourth-order valence-corrected chi connectivity index (χ4v) is 2.26. The van der Waals surface area contributed by atoms with Crippen molar-refractivity contribution in [2.75, 3.05) is 0 Å². The minimum absolute atomic E-state index is 0.0925. The summed E-state index contributed by atoms with van der Waals surface area (Å²) in [6, 6.07) is 14.0. The molecule has 0 fully saturated rings. The molecule has 0 amide bonds. The normalized spacial score (nSPS) is 12.1. The Morgan fingerprint density at radius 2 is 2.05 bits per heavy atom. The molecule has 2 aromatic rings. The van der Waals surface area contributed by atoms with Gasteiger partial charge in [-0.05, 0) is 36.2 Å². The Bertz CT molecular complexity index is 528. The molecule has 1 aromatic heterocycles. The van der Waals surface area contributed by atoms with Crippen molar-refractivity contribution in [1.82, 2.24) is 4.98 Å². The number of benzene rings is 1. The van der Waals surface area contributed by atoms with Gasteiger partial charge in [0.05, 0.1) is 5.69 Å². The monoisotopic (exact) mass is 284 g/mol. The lowest BCUT2D eigenvalue weighted by Gasteiger charge is -2.13. The van der Waals surface area contributed by atoms with E-state index < -0.39 is 0 Å². The summed E-state index contributed by atoms with van der Waals surface area (Å²) in [6.07, 6.45) is 6.44. The lowest BCUT2D eigenvalue weighted by Crippen LogP contribution is -2.10. The molecule has 0 bridgehead atoms.